The number of amides is 1. The first-order valence-electron chi connectivity index (χ1n) is 5.68. The van der Waals surface area contributed by atoms with E-state index in [-0.39, 0.29) is 5.91 Å². The molecule has 18 heavy (non-hydrogen) atoms. The maximum absolute atomic E-state index is 12.1. The van der Waals surface area contributed by atoms with Gasteiger partial charge in [-0.2, -0.15) is 5.26 Å². The zero-order chi connectivity index (χ0) is 13.1. The lowest BCUT2D eigenvalue weighted by Gasteiger charge is -2.09. The number of hydrogen-bond donors (Lipinski definition) is 1. The summed E-state index contributed by atoms with van der Waals surface area (Å²) in [5.41, 5.74) is 2.12. The summed E-state index contributed by atoms with van der Waals surface area (Å²) in [5.74, 6) is -0.245. The van der Waals surface area contributed by atoms with Gasteiger partial charge in [0.2, 0.25) is 0 Å². The van der Waals surface area contributed by atoms with E-state index in [0.717, 1.165) is 16.6 Å². The van der Waals surface area contributed by atoms with E-state index in [1.807, 2.05) is 37.3 Å². The number of carbonyl (C=O) groups excluding carboxylic acids is 1. The number of nitrogens with zero attached hydrogens (tertiary/aromatic N) is 2. The summed E-state index contributed by atoms with van der Waals surface area (Å²) >= 11 is 0. The van der Waals surface area contributed by atoms with Crippen LogP contribution in [0.5, 0.6) is 0 Å². The van der Waals surface area contributed by atoms with Gasteiger partial charge in [-0.3, -0.25) is 9.78 Å². The van der Waals surface area contributed by atoms with Crippen LogP contribution in [0.2, 0.25) is 0 Å². The molecular weight excluding hydrogens is 226 g/mol. The minimum absolute atomic E-state index is 0.245. The van der Waals surface area contributed by atoms with Gasteiger partial charge in [-0.25, -0.2) is 0 Å². The normalized spacial score (nSPS) is 11.8. The summed E-state index contributed by atoms with van der Waals surface area (Å²) in [5, 5.41) is 12.2. The Morgan fingerprint density at radius 2 is 2.17 bits per heavy atom. The van der Waals surface area contributed by atoms with Gasteiger partial charge in [-0.15, -0.1) is 0 Å². The van der Waals surface area contributed by atoms with Gasteiger partial charge < -0.3 is 5.32 Å². The van der Waals surface area contributed by atoms with Gasteiger partial charge in [0.05, 0.1) is 17.1 Å². The zero-order valence-electron chi connectivity index (χ0n) is 10.3. The zero-order valence-corrected chi connectivity index (χ0v) is 10.3. The van der Waals surface area contributed by atoms with E-state index >= 15 is 0 Å². The average molecular weight is 239 g/mol. The van der Waals surface area contributed by atoms with Crippen LogP contribution in [-0.4, -0.2) is 16.9 Å². The quantitative estimate of drug-likeness (QED) is 0.873. The number of benzene rings is 1. The molecule has 1 unspecified atom stereocenters. The molecule has 4 nitrogen and oxygen atoms in total. The SMILES string of the molecule is Cc1cc(C(=O)NC(C)C#N)c2ccccc2n1. The number of aryl methyl sites for hydroxylation is 1. The summed E-state index contributed by atoms with van der Waals surface area (Å²) in [6, 6.07) is 10.7. The highest BCUT2D eigenvalue weighted by molar-refractivity contribution is 6.06. The molecule has 0 saturated carbocycles. The molecule has 0 aliphatic rings. The predicted molar refractivity (Wildman–Crippen MR) is 69.0 cm³/mol. The third kappa shape index (κ3) is 2.30. The molecule has 1 aromatic carbocycles. The lowest BCUT2D eigenvalue weighted by Crippen LogP contribution is -2.31. The van der Waals surface area contributed by atoms with E-state index in [0.29, 0.717) is 5.56 Å². The van der Waals surface area contributed by atoms with Crippen LogP contribution in [0.3, 0.4) is 0 Å². The van der Waals surface area contributed by atoms with Gasteiger partial charge >= 0.3 is 0 Å². The van der Waals surface area contributed by atoms with E-state index in [2.05, 4.69) is 10.3 Å². The van der Waals surface area contributed by atoms with Crippen LogP contribution in [0, 0.1) is 18.3 Å². The average Bonchev–Trinajstić information content (AvgIpc) is 2.37. The van der Waals surface area contributed by atoms with Gasteiger partial charge in [0.15, 0.2) is 0 Å². The number of rotatable bonds is 2. The fourth-order valence-corrected chi connectivity index (χ4v) is 1.80. The van der Waals surface area contributed by atoms with Crippen molar-refractivity contribution in [3.8, 4) is 6.07 Å². The first kappa shape index (κ1) is 12.1. The van der Waals surface area contributed by atoms with Crippen LogP contribution in [-0.2, 0) is 0 Å². The molecule has 1 amide bonds. The Morgan fingerprint density at radius 1 is 1.44 bits per heavy atom. The second kappa shape index (κ2) is 4.84. The molecule has 0 aliphatic heterocycles. The van der Waals surface area contributed by atoms with Crippen LogP contribution >= 0.6 is 0 Å². The molecule has 2 rings (SSSR count). The van der Waals surface area contributed by atoms with Crippen LogP contribution in [0.1, 0.15) is 23.0 Å². The number of para-hydroxylation sites is 1. The molecule has 1 N–H and O–H groups in total. The number of nitriles is 1. The fourth-order valence-electron chi connectivity index (χ4n) is 1.80. The van der Waals surface area contributed by atoms with Gasteiger partial charge in [0.1, 0.15) is 6.04 Å². The van der Waals surface area contributed by atoms with Crippen molar-refractivity contribution >= 4 is 16.8 Å². The van der Waals surface area contributed by atoms with Crippen molar-refractivity contribution in [2.45, 2.75) is 19.9 Å². The Hall–Kier alpha value is -2.41. The Kier molecular flexibility index (Phi) is 3.24. The lowest BCUT2D eigenvalue weighted by molar-refractivity contribution is 0.0949. The predicted octanol–water partition coefficient (Wildman–Crippen LogP) is 2.19. The molecule has 0 saturated heterocycles. The number of carbonyl (C=O) groups is 1. The van der Waals surface area contributed by atoms with Crippen molar-refractivity contribution in [3.05, 3.63) is 41.6 Å². The van der Waals surface area contributed by atoms with Gasteiger partial charge in [0.25, 0.3) is 5.91 Å². The summed E-state index contributed by atoms with van der Waals surface area (Å²) in [6.45, 7) is 3.49. The minimum Gasteiger partial charge on any atom is -0.337 e. The van der Waals surface area contributed by atoms with E-state index in [9.17, 15) is 4.79 Å². The molecule has 0 fully saturated rings. The fraction of sp³-hybridized carbons (Fsp3) is 0.214. The molecule has 2 aromatic rings. The third-order valence-electron chi connectivity index (χ3n) is 2.63. The summed E-state index contributed by atoms with van der Waals surface area (Å²) in [4.78, 5) is 16.5. The maximum atomic E-state index is 12.1. The second-order valence-corrected chi connectivity index (χ2v) is 4.15. The van der Waals surface area contributed by atoms with E-state index < -0.39 is 6.04 Å². The summed E-state index contributed by atoms with van der Waals surface area (Å²) in [6.07, 6.45) is 0. The Labute approximate surface area is 105 Å². The minimum atomic E-state index is -0.510. The molecule has 0 spiro atoms. The number of pyridine rings is 1. The molecule has 0 bridgehead atoms. The lowest BCUT2D eigenvalue weighted by atomic mass is 10.1. The molecular formula is C14H13N3O. The monoisotopic (exact) mass is 239 g/mol. The van der Waals surface area contributed by atoms with Crippen LogP contribution in [0.15, 0.2) is 30.3 Å². The largest absolute Gasteiger partial charge is 0.337 e. The highest BCUT2D eigenvalue weighted by Crippen LogP contribution is 2.18. The summed E-state index contributed by atoms with van der Waals surface area (Å²) in [7, 11) is 0. The standard InChI is InChI=1S/C14H13N3O/c1-9-7-12(14(18)17-10(2)8-15)11-5-3-4-6-13(11)16-9/h3-7,10H,1-2H3,(H,17,18). The van der Waals surface area contributed by atoms with Gasteiger partial charge in [0, 0.05) is 11.1 Å². The van der Waals surface area contributed by atoms with E-state index in [4.69, 9.17) is 5.26 Å². The molecule has 1 aromatic heterocycles. The number of nitrogens with one attached hydrogen (secondary N) is 1. The highest BCUT2D eigenvalue weighted by atomic mass is 16.1. The van der Waals surface area contributed by atoms with Crippen molar-refractivity contribution in [3.63, 3.8) is 0 Å². The Bertz CT molecular complexity index is 643. The molecule has 4 heteroatoms. The number of aromatic nitrogens is 1. The first-order valence-corrected chi connectivity index (χ1v) is 5.68. The molecule has 0 aliphatic carbocycles. The first-order chi connectivity index (χ1) is 8.61. The Morgan fingerprint density at radius 3 is 2.89 bits per heavy atom. The molecule has 0 radical (unpaired) electrons. The van der Waals surface area contributed by atoms with Crippen molar-refractivity contribution in [2.75, 3.05) is 0 Å². The van der Waals surface area contributed by atoms with Crippen molar-refractivity contribution in [1.29, 1.82) is 5.26 Å². The van der Waals surface area contributed by atoms with Crippen molar-refractivity contribution in [1.82, 2.24) is 10.3 Å². The topological polar surface area (TPSA) is 65.8 Å². The number of hydrogen-bond acceptors (Lipinski definition) is 3. The second-order valence-electron chi connectivity index (χ2n) is 4.15. The van der Waals surface area contributed by atoms with Crippen LogP contribution in [0.25, 0.3) is 10.9 Å². The Balaban J connectivity index is 2.50. The highest BCUT2D eigenvalue weighted by Gasteiger charge is 2.13. The van der Waals surface area contributed by atoms with Crippen molar-refractivity contribution < 1.29 is 4.79 Å². The van der Waals surface area contributed by atoms with Gasteiger partial charge in [-0.1, -0.05) is 18.2 Å². The number of fused-ring (bicyclic) bond motifs is 1. The van der Waals surface area contributed by atoms with Crippen LogP contribution in [0.4, 0.5) is 0 Å². The smallest absolute Gasteiger partial charge is 0.253 e. The van der Waals surface area contributed by atoms with E-state index in [1.165, 1.54) is 0 Å². The third-order valence-corrected chi connectivity index (χ3v) is 2.63. The van der Waals surface area contributed by atoms with Crippen LogP contribution < -0.4 is 5.32 Å². The molecule has 90 valence electrons. The molecule has 1 atom stereocenters. The van der Waals surface area contributed by atoms with Crippen molar-refractivity contribution in [2.24, 2.45) is 0 Å². The summed E-state index contributed by atoms with van der Waals surface area (Å²) < 4.78 is 0. The molecule has 1 heterocycles. The van der Waals surface area contributed by atoms with E-state index in [1.54, 1.807) is 13.0 Å². The van der Waals surface area contributed by atoms with Gasteiger partial charge in [-0.05, 0) is 26.0 Å². The maximum Gasteiger partial charge on any atom is 0.253 e.